The number of hydrogen-bond donors (Lipinski definition) is 1. The first kappa shape index (κ1) is 16.0. The van der Waals surface area contributed by atoms with Gasteiger partial charge in [-0.2, -0.15) is 5.10 Å². The number of likely N-dealkylation sites (tertiary alicyclic amines) is 1. The number of aromatic nitrogens is 3. The Hall–Kier alpha value is -1.89. The summed E-state index contributed by atoms with van der Waals surface area (Å²) in [7, 11) is 1.93. The van der Waals surface area contributed by atoms with Gasteiger partial charge in [0.2, 0.25) is 0 Å². The Morgan fingerprint density at radius 1 is 1.57 bits per heavy atom. The predicted molar refractivity (Wildman–Crippen MR) is 90.4 cm³/mol. The van der Waals surface area contributed by atoms with E-state index in [1.54, 1.807) is 11.3 Å². The highest BCUT2D eigenvalue weighted by Crippen LogP contribution is 2.22. The zero-order chi connectivity index (χ0) is 16.4. The number of carbonyl (C=O) groups is 1. The third kappa shape index (κ3) is 3.90. The smallest absolute Gasteiger partial charge is 0.317 e. The minimum Gasteiger partial charge on any atom is -0.329 e. The number of hydrogen-bond acceptors (Lipinski definition) is 4. The first-order valence-corrected chi connectivity index (χ1v) is 8.84. The zero-order valence-electron chi connectivity index (χ0n) is 13.8. The van der Waals surface area contributed by atoms with Crippen LogP contribution in [0.25, 0.3) is 0 Å². The summed E-state index contributed by atoms with van der Waals surface area (Å²) in [6.07, 6.45) is 6.00. The maximum atomic E-state index is 12.4. The van der Waals surface area contributed by atoms with Crippen LogP contribution < -0.4 is 5.32 Å². The van der Waals surface area contributed by atoms with Crippen molar-refractivity contribution in [2.24, 2.45) is 13.0 Å². The third-order valence-corrected chi connectivity index (χ3v) is 5.35. The second-order valence-corrected chi connectivity index (χ2v) is 7.22. The van der Waals surface area contributed by atoms with Crippen molar-refractivity contribution in [3.05, 3.63) is 34.0 Å². The molecule has 2 atom stereocenters. The Labute approximate surface area is 140 Å². The van der Waals surface area contributed by atoms with Crippen molar-refractivity contribution >= 4 is 17.4 Å². The number of urea groups is 1. The zero-order valence-corrected chi connectivity index (χ0v) is 14.6. The molecular formula is C16H23N5OS. The van der Waals surface area contributed by atoms with Crippen molar-refractivity contribution < 1.29 is 4.79 Å². The minimum absolute atomic E-state index is 0.0130. The molecule has 6 nitrogen and oxygen atoms in total. The van der Waals surface area contributed by atoms with Crippen molar-refractivity contribution in [3.8, 4) is 0 Å². The van der Waals surface area contributed by atoms with Crippen molar-refractivity contribution in [1.29, 1.82) is 0 Å². The average Bonchev–Trinajstić information content (AvgIpc) is 3.21. The maximum absolute atomic E-state index is 12.4. The quantitative estimate of drug-likeness (QED) is 0.935. The topological polar surface area (TPSA) is 63.1 Å². The second-order valence-electron chi connectivity index (χ2n) is 6.33. The van der Waals surface area contributed by atoms with Crippen LogP contribution in [0.2, 0.25) is 0 Å². The molecule has 0 radical (unpaired) electrons. The Morgan fingerprint density at radius 3 is 3.04 bits per heavy atom. The summed E-state index contributed by atoms with van der Waals surface area (Å²) >= 11 is 1.59. The summed E-state index contributed by atoms with van der Waals surface area (Å²) in [4.78, 5) is 18.8. The minimum atomic E-state index is -0.0430. The third-order valence-electron chi connectivity index (χ3n) is 4.20. The molecule has 1 aliphatic heterocycles. The van der Waals surface area contributed by atoms with Gasteiger partial charge < -0.3 is 10.2 Å². The molecule has 7 heteroatoms. The van der Waals surface area contributed by atoms with Gasteiger partial charge in [0, 0.05) is 37.4 Å². The van der Waals surface area contributed by atoms with Crippen LogP contribution in [0.4, 0.5) is 4.79 Å². The molecule has 3 rings (SSSR count). The van der Waals surface area contributed by atoms with Gasteiger partial charge in [0.25, 0.3) is 0 Å². The van der Waals surface area contributed by atoms with Crippen LogP contribution in [0.15, 0.2) is 17.8 Å². The normalized spacial score (nSPS) is 19.1. The Bertz CT molecular complexity index is 680. The molecule has 2 aromatic heterocycles. The fraction of sp³-hybridized carbons (Fsp3) is 0.562. The van der Waals surface area contributed by atoms with Crippen LogP contribution in [-0.2, 0) is 13.5 Å². The highest BCUT2D eigenvalue weighted by Gasteiger charge is 2.27. The van der Waals surface area contributed by atoms with E-state index in [0.717, 1.165) is 36.6 Å². The second kappa shape index (κ2) is 6.70. The molecular weight excluding hydrogens is 310 g/mol. The predicted octanol–water partition coefficient (Wildman–Crippen LogP) is 2.52. The van der Waals surface area contributed by atoms with Gasteiger partial charge in [-0.3, -0.25) is 4.68 Å². The Morgan fingerprint density at radius 2 is 2.39 bits per heavy atom. The van der Waals surface area contributed by atoms with Gasteiger partial charge in [-0.25, -0.2) is 9.78 Å². The number of nitrogens with zero attached hydrogens (tertiary/aromatic N) is 4. The van der Waals surface area contributed by atoms with E-state index in [9.17, 15) is 4.79 Å². The standard InChI is InChI=1S/C16H23N5OS/c1-11-10-23-15(18-11)12(2)19-16(22)21-5-4-13(9-21)6-14-7-17-20(3)8-14/h7-8,10,12-13H,4-6,9H2,1-3H3,(H,19,22)/t12-,13+/m0/s1. The van der Waals surface area contributed by atoms with Crippen molar-refractivity contribution in [1.82, 2.24) is 25.0 Å². The first-order valence-electron chi connectivity index (χ1n) is 7.96. The van der Waals surface area contributed by atoms with Crippen molar-refractivity contribution in [2.75, 3.05) is 13.1 Å². The molecule has 1 fully saturated rings. The van der Waals surface area contributed by atoms with E-state index in [4.69, 9.17) is 0 Å². The summed E-state index contributed by atoms with van der Waals surface area (Å²) in [5.41, 5.74) is 2.25. The van der Waals surface area contributed by atoms with Gasteiger partial charge in [0.1, 0.15) is 5.01 Å². The lowest BCUT2D eigenvalue weighted by molar-refractivity contribution is 0.203. The van der Waals surface area contributed by atoms with E-state index in [-0.39, 0.29) is 12.1 Å². The van der Waals surface area contributed by atoms with Gasteiger partial charge in [-0.1, -0.05) is 0 Å². The molecule has 0 unspecified atom stereocenters. The van der Waals surface area contributed by atoms with Gasteiger partial charge in [-0.15, -0.1) is 11.3 Å². The van der Waals surface area contributed by atoms with E-state index < -0.39 is 0 Å². The lowest BCUT2D eigenvalue weighted by atomic mass is 10.0. The SMILES string of the molecule is Cc1csc([C@H](C)NC(=O)N2CC[C@H](Cc3cnn(C)c3)C2)n1. The van der Waals surface area contributed by atoms with Crippen LogP contribution >= 0.6 is 11.3 Å². The van der Waals surface area contributed by atoms with E-state index in [1.165, 1.54) is 5.56 Å². The number of amides is 2. The van der Waals surface area contributed by atoms with Gasteiger partial charge >= 0.3 is 6.03 Å². The molecule has 23 heavy (non-hydrogen) atoms. The number of carbonyl (C=O) groups excluding carboxylic acids is 1. The number of nitrogens with one attached hydrogen (secondary N) is 1. The van der Waals surface area contributed by atoms with E-state index >= 15 is 0 Å². The Balaban J connectivity index is 1.51. The molecule has 1 aliphatic rings. The first-order chi connectivity index (χ1) is 11.0. The highest BCUT2D eigenvalue weighted by atomic mass is 32.1. The van der Waals surface area contributed by atoms with Crippen LogP contribution in [0.1, 0.15) is 35.7 Å². The van der Waals surface area contributed by atoms with Crippen molar-refractivity contribution in [3.63, 3.8) is 0 Å². The van der Waals surface area contributed by atoms with Crippen molar-refractivity contribution in [2.45, 2.75) is 32.7 Å². The van der Waals surface area contributed by atoms with Crippen LogP contribution in [0, 0.1) is 12.8 Å². The average molecular weight is 333 g/mol. The maximum Gasteiger partial charge on any atom is 0.317 e. The summed E-state index contributed by atoms with van der Waals surface area (Å²) in [6, 6.07) is -0.0300. The largest absolute Gasteiger partial charge is 0.329 e. The number of aryl methyl sites for hydroxylation is 2. The molecule has 0 bridgehead atoms. The van der Waals surface area contributed by atoms with Crippen LogP contribution in [0.5, 0.6) is 0 Å². The van der Waals surface area contributed by atoms with E-state index in [1.807, 2.05) is 42.1 Å². The van der Waals surface area contributed by atoms with Crippen LogP contribution in [-0.4, -0.2) is 38.8 Å². The summed E-state index contributed by atoms with van der Waals surface area (Å²) < 4.78 is 1.83. The molecule has 3 heterocycles. The summed E-state index contributed by atoms with van der Waals surface area (Å²) in [6.45, 7) is 5.59. The van der Waals surface area contributed by atoms with Crippen LogP contribution in [0.3, 0.4) is 0 Å². The lowest BCUT2D eigenvalue weighted by Gasteiger charge is -2.20. The molecule has 2 aromatic rings. The molecule has 0 spiro atoms. The molecule has 0 saturated carbocycles. The highest BCUT2D eigenvalue weighted by molar-refractivity contribution is 7.09. The molecule has 1 N–H and O–H groups in total. The fourth-order valence-corrected chi connectivity index (χ4v) is 3.81. The molecule has 1 saturated heterocycles. The number of rotatable bonds is 4. The molecule has 124 valence electrons. The van der Waals surface area contributed by atoms with E-state index in [0.29, 0.717) is 5.92 Å². The van der Waals surface area contributed by atoms with Gasteiger partial charge in [0.05, 0.1) is 12.2 Å². The lowest BCUT2D eigenvalue weighted by Crippen LogP contribution is -2.39. The summed E-state index contributed by atoms with van der Waals surface area (Å²) in [5.74, 6) is 0.516. The summed E-state index contributed by atoms with van der Waals surface area (Å²) in [5, 5.41) is 10.2. The molecule has 2 amide bonds. The van der Waals surface area contributed by atoms with Gasteiger partial charge in [-0.05, 0) is 38.2 Å². The molecule has 0 aromatic carbocycles. The van der Waals surface area contributed by atoms with Gasteiger partial charge in [0.15, 0.2) is 0 Å². The van der Waals surface area contributed by atoms with E-state index in [2.05, 4.69) is 21.6 Å². The Kier molecular flexibility index (Phi) is 4.66. The fourth-order valence-electron chi connectivity index (χ4n) is 3.00. The number of thiazole rings is 1. The monoisotopic (exact) mass is 333 g/mol. The molecule has 0 aliphatic carbocycles.